The molecule has 2 N–H and O–H groups in total. The highest BCUT2D eigenvalue weighted by atomic mass is 35.5. The van der Waals surface area contributed by atoms with Gasteiger partial charge in [0.2, 0.25) is 5.78 Å². The SMILES string of the molecule is COc1cc(Cl)cc2cc(C(=O)C3=C(O)C(=O)N(CCOC(C)C)C3c3c[nH]c4ccccc34)oc12. The van der Waals surface area contributed by atoms with Crippen LogP contribution in [0.4, 0.5) is 0 Å². The Bertz CT molecular complexity index is 1520. The van der Waals surface area contributed by atoms with Crippen molar-refractivity contribution in [3.63, 3.8) is 0 Å². The predicted molar refractivity (Wildman–Crippen MR) is 136 cm³/mol. The zero-order valence-corrected chi connectivity index (χ0v) is 20.8. The predicted octanol–water partition coefficient (Wildman–Crippen LogP) is 5.58. The number of ketones is 1. The number of hydrogen-bond acceptors (Lipinski definition) is 6. The number of methoxy groups -OCH3 is 1. The second kappa shape index (κ2) is 9.37. The molecule has 0 fully saturated rings. The highest BCUT2D eigenvalue weighted by Gasteiger charge is 2.45. The molecule has 2 aromatic carbocycles. The number of rotatable bonds is 8. The van der Waals surface area contributed by atoms with Gasteiger partial charge >= 0.3 is 0 Å². The number of nitrogens with zero attached hydrogens (tertiary/aromatic N) is 1. The van der Waals surface area contributed by atoms with E-state index in [1.54, 1.807) is 18.3 Å². The largest absolute Gasteiger partial charge is 0.503 e. The van der Waals surface area contributed by atoms with E-state index in [4.69, 9.17) is 25.5 Å². The number of aromatic nitrogens is 1. The molecule has 1 amide bonds. The fraction of sp³-hybridized carbons (Fsp3) is 0.259. The number of fused-ring (bicyclic) bond motifs is 2. The van der Waals surface area contributed by atoms with E-state index in [1.165, 1.54) is 18.1 Å². The van der Waals surface area contributed by atoms with E-state index in [0.29, 0.717) is 27.3 Å². The van der Waals surface area contributed by atoms with E-state index < -0.39 is 23.5 Å². The molecule has 5 rings (SSSR count). The number of aromatic amines is 1. The van der Waals surface area contributed by atoms with Gasteiger partial charge in [-0.1, -0.05) is 29.8 Å². The van der Waals surface area contributed by atoms with Gasteiger partial charge in [-0.2, -0.15) is 0 Å². The molecule has 1 unspecified atom stereocenters. The number of H-pyrrole nitrogens is 1. The molecule has 0 aliphatic carbocycles. The van der Waals surface area contributed by atoms with Gasteiger partial charge in [-0.3, -0.25) is 9.59 Å². The maximum atomic E-state index is 13.8. The summed E-state index contributed by atoms with van der Waals surface area (Å²) in [4.78, 5) is 31.7. The lowest BCUT2D eigenvalue weighted by atomic mass is 9.94. The topological polar surface area (TPSA) is 105 Å². The molecule has 0 spiro atoms. The number of furan rings is 1. The lowest BCUT2D eigenvalue weighted by molar-refractivity contribution is -0.130. The van der Waals surface area contributed by atoms with Gasteiger partial charge in [-0.15, -0.1) is 0 Å². The fourth-order valence-corrected chi connectivity index (χ4v) is 4.85. The number of Topliss-reactive ketones (excluding diaryl/α,β-unsaturated/α-hetero) is 1. The van der Waals surface area contributed by atoms with E-state index >= 15 is 0 Å². The molecule has 1 aliphatic heterocycles. The van der Waals surface area contributed by atoms with Crippen molar-refractivity contribution in [2.75, 3.05) is 20.3 Å². The lowest BCUT2D eigenvalue weighted by Crippen LogP contribution is -2.34. The van der Waals surface area contributed by atoms with E-state index in [-0.39, 0.29) is 30.6 Å². The summed E-state index contributed by atoms with van der Waals surface area (Å²) in [6, 6.07) is 11.5. The zero-order valence-electron chi connectivity index (χ0n) is 20.0. The summed E-state index contributed by atoms with van der Waals surface area (Å²) >= 11 is 6.17. The van der Waals surface area contributed by atoms with Gasteiger partial charge in [0.05, 0.1) is 31.4 Å². The van der Waals surface area contributed by atoms with Crippen molar-refractivity contribution < 1.29 is 28.6 Å². The van der Waals surface area contributed by atoms with Crippen molar-refractivity contribution in [2.24, 2.45) is 0 Å². The quantitative estimate of drug-likeness (QED) is 0.301. The molecule has 9 heteroatoms. The van der Waals surface area contributed by atoms with Crippen molar-refractivity contribution >= 4 is 45.2 Å². The van der Waals surface area contributed by atoms with Crippen LogP contribution in [0.1, 0.15) is 36.0 Å². The number of ether oxygens (including phenoxy) is 2. The first-order chi connectivity index (χ1) is 17.3. The number of benzene rings is 2. The summed E-state index contributed by atoms with van der Waals surface area (Å²) < 4.78 is 16.9. The molecule has 0 saturated heterocycles. The Hall–Kier alpha value is -3.75. The zero-order chi connectivity index (χ0) is 25.6. The minimum atomic E-state index is -0.837. The normalized spacial score (nSPS) is 16.2. The van der Waals surface area contributed by atoms with Crippen LogP contribution in [0.5, 0.6) is 5.75 Å². The number of aliphatic hydroxyl groups is 1. The maximum Gasteiger partial charge on any atom is 0.290 e. The van der Waals surface area contributed by atoms with Crippen LogP contribution in [0, 0.1) is 0 Å². The van der Waals surface area contributed by atoms with Crippen LogP contribution in [-0.2, 0) is 9.53 Å². The summed E-state index contributed by atoms with van der Waals surface area (Å²) in [6.45, 7) is 4.23. The molecule has 0 saturated carbocycles. The van der Waals surface area contributed by atoms with E-state index in [9.17, 15) is 14.7 Å². The Kier molecular flexibility index (Phi) is 6.24. The Labute approximate surface area is 212 Å². The molecule has 4 aromatic rings. The van der Waals surface area contributed by atoms with Crippen molar-refractivity contribution in [1.82, 2.24) is 9.88 Å². The van der Waals surface area contributed by atoms with E-state index in [1.807, 2.05) is 38.1 Å². The van der Waals surface area contributed by atoms with E-state index in [2.05, 4.69) is 4.98 Å². The van der Waals surface area contributed by atoms with Crippen LogP contribution in [-0.4, -0.2) is 53.0 Å². The standard InChI is InChI=1S/C27H25ClN2O6/c1-14(2)35-9-8-30-23(18-13-29-19-7-5-4-6-17(18)19)22(25(32)27(30)33)24(31)20-11-15-10-16(28)12-21(34-3)26(15)36-20/h4-7,10-14,23,29,32H,8-9H2,1-3H3. The summed E-state index contributed by atoms with van der Waals surface area (Å²) in [5.41, 5.74) is 1.83. The highest BCUT2D eigenvalue weighted by Crippen LogP contribution is 2.42. The van der Waals surface area contributed by atoms with Crippen LogP contribution in [0.25, 0.3) is 21.9 Å². The molecular weight excluding hydrogens is 484 g/mol. The van der Waals surface area contributed by atoms with E-state index in [0.717, 1.165) is 10.9 Å². The minimum absolute atomic E-state index is 0.0331. The molecular formula is C27H25ClN2O6. The number of halogens is 1. The minimum Gasteiger partial charge on any atom is -0.503 e. The molecule has 186 valence electrons. The number of carbonyl (C=O) groups is 2. The Morgan fingerprint density at radius 1 is 1.25 bits per heavy atom. The molecule has 0 radical (unpaired) electrons. The molecule has 36 heavy (non-hydrogen) atoms. The van der Waals surface area contributed by atoms with Gasteiger partial charge in [-0.05, 0) is 32.0 Å². The second-order valence-electron chi connectivity index (χ2n) is 8.84. The Morgan fingerprint density at radius 3 is 2.78 bits per heavy atom. The smallest absolute Gasteiger partial charge is 0.290 e. The first kappa shape index (κ1) is 24.0. The third-order valence-electron chi connectivity index (χ3n) is 6.24. The van der Waals surface area contributed by atoms with Gasteiger partial charge in [-0.25, -0.2) is 0 Å². The average Bonchev–Trinajstić information content (AvgIpc) is 3.53. The fourth-order valence-electron chi connectivity index (χ4n) is 4.63. The van der Waals surface area contributed by atoms with Gasteiger partial charge in [0.1, 0.15) is 0 Å². The first-order valence-electron chi connectivity index (χ1n) is 11.5. The number of para-hydroxylation sites is 1. The van der Waals surface area contributed by atoms with Crippen molar-refractivity contribution in [3.8, 4) is 5.75 Å². The van der Waals surface area contributed by atoms with Crippen LogP contribution in [0.2, 0.25) is 5.02 Å². The number of nitrogens with one attached hydrogen (secondary N) is 1. The van der Waals surface area contributed by atoms with Gasteiger partial charge in [0, 0.05) is 45.7 Å². The van der Waals surface area contributed by atoms with Crippen molar-refractivity contribution in [2.45, 2.75) is 26.0 Å². The van der Waals surface area contributed by atoms with Crippen molar-refractivity contribution in [1.29, 1.82) is 0 Å². The third kappa shape index (κ3) is 4.02. The van der Waals surface area contributed by atoms with Crippen LogP contribution in [0.15, 0.2) is 64.4 Å². The first-order valence-corrected chi connectivity index (χ1v) is 11.9. The molecule has 1 atom stereocenters. The van der Waals surface area contributed by atoms with Gasteiger partial charge < -0.3 is 28.9 Å². The van der Waals surface area contributed by atoms with Gasteiger partial charge in [0.15, 0.2) is 22.9 Å². The van der Waals surface area contributed by atoms with Crippen LogP contribution < -0.4 is 4.74 Å². The summed E-state index contributed by atoms with van der Waals surface area (Å²) in [6.07, 6.45) is 1.72. The maximum absolute atomic E-state index is 13.8. The molecule has 3 heterocycles. The van der Waals surface area contributed by atoms with Crippen LogP contribution in [0.3, 0.4) is 0 Å². The average molecular weight is 509 g/mol. The molecule has 2 aromatic heterocycles. The monoisotopic (exact) mass is 508 g/mol. The van der Waals surface area contributed by atoms with Crippen molar-refractivity contribution in [3.05, 3.63) is 76.3 Å². The third-order valence-corrected chi connectivity index (χ3v) is 6.46. The summed E-state index contributed by atoms with van der Waals surface area (Å²) in [5, 5.41) is 12.8. The van der Waals surface area contributed by atoms with Gasteiger partial charge in [0.25, 0.3) is 5.91 Å². The summed E-state index contributed by atoms with van der Waals surface area (Å²) in [7, 11) is 1.48. The molecule has 8 nitrogen and oxygen atoms in total. The number of hydrogen-bond donors (Lipinski definition) is 2. The number of carbonyl (C=O) groups excluding carboxylic acids is 2. The molecule has 0 bridgehead atoms. The number of amides is 1. The highest BCUT2D eigenvalue weighted by molar-refractivity contribution is 6.31. The Balaban J connectivity index is 1.61. The molecule has 1 aliphatic rings. The second-order valence-corrected chi connectivity index (χ2v) is 9.28. The Morgan fingerprint density at radius 2 is 2.03 bits per heavy atom. The lowest BCUT2D eigenvalue weighted by Gasteiger charge is -2.26. The number of aliphatic hydroxyl groups excluding tert-OH is 1. The van der Waals surface area contributed by atoms with Crippen LogP contribution >= 0.6 is 11.6 Å². The summed E-state index contributed by atoms with van der Waals surface area (Å²) in [5.74, 6) is -1.51.